The highest BCUT2D eigenvalue weighted by Crippen LogP contribution is 2.27. The van der Waals surface area contributed by atoms with Crippen LogP contribution in [0.2, 0.25) is 0 Å². The van der Waals surface area contributed by atoms with E-state index in [0.717, 1.165) is 0 Å². The van der Waals surface area contributed by atoms with Gasteiger partial charge in [-0.15, -0.1) is 0 Å². The van der Waals surface area contributed by atoms with E-state index in [1.807, 2.05) is 0 Å². The van der Waals surface area contributed by atoms with Crippen molar-refractivity contribution in [1.82, 2.24) is 4.57 Å². The van der Waals surface area contributed by atoms with Crippen LogP contribution in [0.1, 0.15) is 5.56 Å². The molecule has 0 saturated heterocycles. The number of benzene rings is 1. The summed E-state index contributed by atoms with van der Waals surface area (Å²) in [5.74, 6) is -0.923. The molecule has 1 N–H and O–H groups in total. The standard InChI is InChI=1S/C11H10N2O4/c1-12-6-10(13(16)17)8-3-2-7(4-9(8)12)5-11(14)15/h2-4,6H,5H2,1H3,(H,14,15). The first-order valence-corrected chi connectivity index (χ1v) is 4.93. The van der Waals surface area contributed by atoms with Crippen molar-refractivity contribution in [1.29, 1.82) is 0 Å². The third-order valence-electron chi connectivity index (χ3n) is 2.59. The zero-order valence-corrected chi connectivity index (χ0v) is 9.08. The van der Waals surface area contributed by atoms with Crippen molar-refractivity contribution < 1.29 is 14.8 Å². The second-order valence-corrected chi connectivity index (χ2v) is 3.80. The summed E-state index contributed by atoms with van der Waals surface area (Å²) in [7, 11) is 1.69. The number of carboxylic acids is 1. The molecule has 1 aromatic carbocycles. The lowest BCUT2D eigenvalue weighted by Gasteiger charge is -1.99. The van der Waals surface area contributed by atoms with E-state index >= 15 is 0 Å². The number of nitrogens with zero attached hydrogens (tertiary/aromatic N) is 2. The largest absolute Gasteiger partial charge is 0.481 e. The maximum absolute atomic E-state index is 10.8. The summed E-state index contributed by atoms with van der Waals surface area (Å²) in [4.78, 5) is 20.9. The number of hydrogen-bond acceptors (Lipinski definition) is 3. The molecule has 6 heteroatoms. The molecule has 1 heterocycles. The van der Waals surface area contributed by atoms with Gasteiger partial charge in [-0.2, -0.15) is 0 Å². The number of fused-ring (bicyclic) bond motifs is 1. The zero-order valence-electron chi connectivity index (χ0n) is 9.08. The van der Waals surface area contributed by atoms with Crippen molar-refractivity contribution in [3.05, 3.63) is 40.1 Å². The minimum atomic E-state index is -0.923. The predicted octanol–water partition coefficient (Wildman–Crippen LogP) is 1.71. The summed E-state index contributed by atoms with van der Waals surface area (Å²) in [5.41, 5.74) is 1.32. The second kappa shape index (κ2) is 3.89. The predicted molar refractivity (Wildman–Crippen MR) is 60.9 cm³/mol. The summed E-state index contributed by atoms with van der Waals surface area (Å²) >= 11 is 0. The molecule has 0 unspecified atom stereocenters. The molecule has 0 aliphatic rings. The van der Waals surface area contributed by atoms with Crippen LogP contribution >= 0.6 is 0 Å². The molecule has 0 radical (unpaired) electrons. The van der Waals surface area contributed by atoms with E-state index in [4.69, 9.17) is 5.11 Å². The Bertz CT molecular complexity index is 615. The van der Waals surface area contributed by atoms with E-state index in [-0.39, 0.29) is 12.1 Å². The van der Waals surface area contributed by atoms with Gasteiger partial charge in [-0.3, -0.25) is 14.9 Å². The van der Waals surface area contributed by atoms with Crippen LogP contribution in [0.4, 0.5) is 5.69 Å². The van der Waals surface area contributed by atoms with Gasteiger partial charge in [0, 0.05) is 7.05 Å². The lowest BCUT2D eigenvalue weighted by molar-refractivity contribution is -0.383. The Morgan fingerprint density at radius 3 is 2.82 bits per heavy atom. The fourth-order valence-electron chi connectivity index (χ4n) is 1.84. The van der Waals surface area contributed by atoms with Gasteiger partial charge in [-0.1, -0.05) is 6.07 Å². The van der Waals surface area contributed by atoms with Crippen LogP contribution < -0.4 is 0 Å². The van der Waals surface area contributed by atoms with E-state index in [0.29, 0.717) is 16.5 Å². The highest BCUT2D eigenvalue weighted by atomic mass is 16.6. The molecule has 0 atom stereocenters. The molecule has 0 aliphatic heterocycles. The van der Waals surface area contributed by atoms with Gasteiger partial charge >= 0.3 is 5.97 Å². The number of aromatic nitrogens is 1. The van der Waals surface area contributed by atoms with Crippen molar-refractivity contribution in [2.24, 2.45) is 7.05 Å². The van der Waals surface area contributed by atoms with Gasteiger partial charge in [0.05, 0.1) is 28.4 Å². The zero-order chi connectivity index (χ0) is 12.6. The fraction of sp³-hybridized carbons (Fsp3) is 0.182. The SMILES string of the molecule is Cn1cc([N+](=O)[O-])c2ccc(CC(=O)O)cc21. The van der Waals surface area contributed by atoms with Crippen molar-refractivity contribution >= 4 is 22.6 Å². The van der Waals surface area contributed by atoms with E-state index in [1.54, 1.807) is 29.8 Å². The maximum atomic E-state index is 10.8. The molecule has 0 aliphatic carbocycles. The second-order valence-electron chi connectivity index (χ2n) is 3.80. The highest BCUT2D eigenvalue weighted by Gasteiger charge is 2.16. The average Bonchev–Trinajstić information content (AvgIpc) is 2.55. The molecule has 0 amide bonds. The molecule has 2 rings (SSSR count). The summed E-state index contributed by atoms with van der Waals surface area (Å²) in [6.07, 6.45) is 1.34. The number of hydrogen-bond donors (Lipinski definition) is 1. The summed E-state index contributed by atoms with van der Waals surface area (Å²) in [6, 6.07) is 4.85. The Hall–Kier alpha value is -2.37. The Morgan fingerprint density at radius 2 is 2.24 bits per heavy atom. The van der Waals surface area contributed by atoms with Crippen molar-refractivity contribution in [3.8, 4) is 0 Å². The monoisotopic (exact) mass is 234 g/mol. The van der Waals surface area contributed by atoms with E-state index < -0.39 is 10.9 Å². The van der Waals surface area contributed by atoms with Gasteiger partial charge in [0.15, 0.2) is 0 Å². The highest BCUT2D eigenvalue weighted by molar-refractivity contribution is 5.90. The van der Waals surface area contributed by atoms with Gasteiger partial charge in [0.25, 0.3) is 5.69 Å². The first-order valence-electron chi connectivity index (χ1n) is 4.93. The van der Waals surface area contributed by atoms with Crippen molar-refractivity contribution in [3.63, 3.8) is 0 Å². The third-order valence-corrected chi connectivity index (χ3v) is 2.59. The first-order chi connectivity index (χ1) is 7.99. The van der Waals surface area contributed by atoms with Crippen LogP contribution in [0.5, 0.6) is 0 Å². The van der Waals surface area contributed by atoms with Gasteiger partial charge in [0.1, 0.15) is 0 Å². The van der Waals surface area contributed by atoms with Crippen LogP contribution in [0.15, 0.2) is 24.4 Å². The van der Waals surface area contributed by atoms with E-state index in [9.17, 15) is 14.9 Å². The molecule has 6 nitrogen and oxygen atoms in total. The van der Waals surface area contributed by atoms with Crippen LogP contribution in [0.25, 0.3) is 10.9 Å². The lowest BCUT2D eigenvalue weighted by atomic mass is 10.1. The normalized spacial score (nSPS) is 10.6. The van der Waals surface area contributed by atoms with Crippen molar-refractivity contribution in [2.75, 3.05) is 0 Å². The first kappa shape index (κ1) is 11.1. The fourth-order valence-corrected chi connectivity index (χ4v) is 1.84. The molecule has 0 spiro atoms. The van der Waals surface area contributed by atoms with Gasteiger partial charge in [-0.25, -0.2) is 0 Å². The Morgan fingerprint density at radius 1 is 1.53 bits per heavy atom. The number of carbonyl (C=O) groups is 1. The average molecular weight is 234 g/mol. The molecule has 0 bridgehead atoms. The summed E-state index contributed by atoms with van der Waals surface area (Å²) < 4.78 is 1.62. The molecule has 0 fully saturated rings. The van der Waals surface area contributed by atoms with Crippen LogP contribution in [-0.2, 0) is 18.3 Å². The minimum Gasteiger partial charge on any atom is -0.481 e. The number of aryl methyl sites for hydroxylation is 1. The third kappa shape index (κ3) is 1.96. The van der Waals surface area contributed by atoms with Gasteiger partial charge < -0.3 is 9.67 Å². The van der Waals surface area contributed by atoms with Crippen LogP contribution in [0, 0.1) is 10.1 Å². The Balaban J connectivity index is 2.59. The summed E-state index contributed by atoms with van der Waals surface area (Å²) in [6.45, 7) is 0. The molecular formula is C11H10N2O4. The summed E-state index contributed by atoms with van der Waals surface area (Å²) in [5, 5.41) is 20.0. The molecule has 0 saturated carbocycles. The topological polar surface area (TPSA) is 85.4 Å². The van der Waals surface area contributed by atoms with E-state index in [1.165, 1.54) is 6.20 Å². The lowest BCUT2D eigenvalue weighted by Crippen LogP contribution is -1.99. The Labute approximate surface area is 96.2 Å². The minimum absolute atomic E-state index is 0.0318. The van der Waals surface area contributed by atoms with Crippen LogP contribution in [0.3, 0.4) is 0 Å². The molecular weight excluding hydrogens is 224 g/mol. The quantitative estimate of drug-likeness (QED) is 0.647. The maximum Gasteiger partial charge on any atom is 0.307 e. The molecule has 2 aromatic rings. The smallest absolute Gasteiger partial charge is 0.307 e. The Kier molecular flexibility index (Phi) is 2.55. The number of aliphatic carboxylic acids is 1. The van der Waals surface area contributed by atoms with Crippen LogP contribution in [-0.4, -0.2) is 20.6 Å². The number of carboxylic acid groups (broad SMARTS) is 1. The molecule has 1 aromatic heterocycles. The van der Waals surface area contributed by atoms with E-state index in [2.05, 4.69) is 0 Å². The van der Waals surface area contributed by atoms with Gasteiger partial charge in [0.2, 0.25) is 0 Å². The molecule has 17 heavy (non-hydrogen) atoms. The molecule has 88 valence electrons. The van der Waals surface area contributed by atoms with Crippen molar-refractivity contribution in [2.45, 2.75) is 6.42 Å². The number of rotatable bonds is 3. The number of nitro groups is 1. The van der Waals surface area contributed by atoms with Gasteiger partial charge in [-0.05, 0) is 17.7 Å².